The molecule has 0 saturated heterocycles. The van der Waals surface area contributed by atoms with E-state index in [0.717, 1.165) is 23.5 Å². The van der Waals surface area contributed by atoms with E-state index in [1.807, 2.05) is 36.4 Å². The lowest BCUT2D eigenvalue weighted by Crippen LogP contribution is -2.05. The molecule has 2 rings (SSSR count). The standard InChI is InChI=1S/C18H22N2O2/c1-3-11-22-17-10-9-16(12-18(17)21-2)14-20-19-13-15-7-5-4-6-8-15/h4-10,12,14,19H,3,11,13H2,1-2H3. The number of hydrazone groups is 1. The van der Waals surface area contributed by atoms with Crippen molar-refractivity contribution in [3.05, 3.63) is 59.7 Å². The highest BCUT2D eigenvalue weighted by molar-refractivity contribution is 5.80. The summed E-state index contributed by atoms with van der Waals surface area (Å²) in [7, 11) is 1.64. The lowest BCUT2D eigenvalue weighted by molar-refractivity contribution is 0.294. The highest BCUT2D eigenvalue weighted by Gasteiger charge is 2.04. The van der Waals surface area contributed by atoms with E-state index in [-0.39, 0.29) is 0 Å². The predicted octanol–water partition coefficient (Wildman–Crippen LogP) is 3.61. The van der Waals surface area contributed by atoms with Gasteiger partial charge in [0.05, 0.1) is 26.5 Å². The van der Waals surface area contributed by atoms with E-state index in [9.17, 15) is 0 Å². The van der Waals surface area contributed by atoms with E-state index in [0.29, 0.717) is 13.2 Å². The summed E-state index contributed by atoms with van der Waals surface area (Å²) in [6, 6.07) is 15.9. The fraction of sp³-hybridized carbons (Fsp3) is 0.278. The lowest BCUT2D eigenvalue weighted by Gasteiger charge is -2.10. The topological polar surface area (TPSA) is 42.8 Å². The van der Waals surface area contributed by atoms with Crippen molar-refractivity contribution >= 4 is 6.21 Å². The first-order valence-corrected chi connectivity index (χ1v) is 7.44. The van der Waals surface area contributed by atoms with Crippen molar-refractivity contribution in [3.8, 4) is 11.5 Å². The van der Waals surface area contributed by atoms with Gasteiger partial charge in [-0.1, -0.05) is 37.3 Å². The molecule has 2 aromatic rings. The van der Waals surface area contributed by atoms with Crippen LogP contribution in [0.2, 0.25) is 0 Å². The van der Waals surface area contributed by atoms with Gasteiger partial charge in [-0.15, -0.1) is 0 Å². The third-order valence-electron chi connectivity index (χ3n) is 3.08. The molecular formula is C18H22N2O2. The zero-order valence-corrected chi connectivity index (χ0v) is 13.1. The number of methoxy groups -OCH3 is 1. The minimum Gasteiger partial charge on any atom is -0.493 e. The fourth-order valence-corrected chi connectivity index (χ4v) is 1.95. The molecule has 0 heterocycles. The quantitative estimate of drug-likeness (QED) is 0.598. The molecule has 0 aliphatic heterocycles. The van der Waals surface area contributed by atoms with E-state index in [4.69, 9.17) is 9.47 Å². The Hall–Kier alpha value is -2.49. The molecule has 0 atom stereocenters. The summed E-state index contributed by atoms with van der Waals surface area (Å²) in [6.07, 6.45) is 2.74. The minimum atomic E-state index is 0.683. The fourth-order valence-electron chi connectivity index (χ4n) is 1.95. The number of benzene rings is 2. The molecule has 0 amide bonds. The normalized spacial score (nSPS) is 10.6. The highest BCUT2D eigenvalue weighted by atomic mass is 16.5. The molecule has 0 aromatic heterocycles. The molecule has 0 spiro atoms. The van der Waals surface area contributed by atoms with Crippen LogP contribution in [0.1, 0.15) is 24.5 Å². The van der Waals surface area contributed by atoms with Crippen molar-refractivity contribution in [2.24, 2.45) is 5.10 Å². The zero-order chi connectivity index (χ0) is 15.6. The molecule has 0 saturated carbocycles. The third kappa shape index (κ3) is 4.81. The number of hydrogen-bond acceptors (Lipinski definition) is 4. The number of rotatable bonds is 8. The Morgan fingerprint density at radius 3 is 2.64 bits per heavy atom. The number of nitrogens with one attached hydrogen (secondary N) is 1. The first-order valence-electron chi connectivity index (χ1n) is 7.44. The molecule has 4 nitrogen and oxygen atoms in total. The number of hydrogen-bond donors (Lipinski definition) is 1. The molecule has 22 heavy (non-hydrogen) atoms. The lowest BCUT2D eigenvalue weighted by atomic mass is 10.2. The number of ether oxygens (including phenoxy) is 2. The largest absolute Gasteiger partial charge is 0.493 e. The van der Waals surface area contributed by atoms with Gasteiger partial charge in [0, 0.05) is 0 Å². The van der Waals surface area contributed by atoms with Crippen LogP contribution in [0.4, 0.5) is 0 Å². The van der Waals surface area contributed by atoms with Crippen LogP contribution < -0.4 is 14.9 Å². The Morgan fingerprint density at radius 1 is 1.09 bits per heavy atom. The molecule has 1 N–H and O–H groups in total. The molecule has 0 radical (unpaired) electrons. The van der Waals surface area contributed by atoms with Crippen molar-refractivity contribution < 1.29 is 9.47 Å². The van der Waals surface area contributed by atoms with Gasteiger partial charge in [-0.05, 0) is 35.7 Å². The summed E-state index contributed by atoms with van der Waals surface area (Å²) >= 11 is 0. The molecule has 2 aromatic carbocycles. The average Bonchev–Trinajstić information content (AvgIpc) is 2.58. The maximum atomic E-state index is 5.63. The first-order chi connectivity index (χ1) is 10.8. The van der Waals surface area contributed by atoms with Crippen LogP contribution in [-0.4, -0.2) is 19.9 Å². The summed E-state index contributed by atoms with van der Waals surface area (Å²) in [5.74, 6) is 1.49. The SMILES string of the molecule is CCCOc1ccc(C=NNCc2ccccc2)cc1OC. The first kappa shape index (κ1) is 15.9. The van der Waals surface area contributed by atoms with Crippen LogP contribution in [0.25, 0.3) is 0 Å². The van der Waals surface area contributed by atoms with Gasteiger partial charge in [0.25, 0.3) is 0 Å². The Bertz CT molecular complexity index is 597. The van der Waals surface area contributed by atoms with Crippen LogP contribution >= 0.6 is 0 Å². The van der Waals surface area contributed by atoms with Crippen molar-refractivity contribution in [1.29, 1.82) is 0 Å². The molecule has 0 aliphatic carbocycles. The van der Waals surface area contributed by atoms with Crippen LogP contribution in [-0.2, 0) is 6.54 Å². The molecule has 0 unspecified atom stereocenters. The summed E-state index contributed by atoms with van der Waals surface area (Å²) in [6.45, 7) is 3.46. The van der Waals surface area contributed by atoms with Gasteiger partial charge in [0.2, 0.25) is 0 Å². The van der Waals surface area contributed by atoms with Crippen LogP contribution in [0.3, 0.4) is 0 Å². The molecule has 4 heteroatoms. The van der Waals surface area contributed by atoms with E-state index < -0.39 is 0 Å². The molecular weight excluding hydrogens is 276 g/mol. The number of nitrogens with zero attached hydrogens (tertiary/aromatic N) is 1. The van der Waals surface area contributed by atoms with Crippen LogP contribution in [0, 0.1) is 0 Å². The Kier molecular flexibility index (Phi) is 6.30. The van der Waals surface area contributed by atoms with E-state index in [2.05, 4.69) is 29.6 Å². The van der Waals surface area contributed by atoms with Gasteiger partial charge in [-0.3, -0.25) is 0 Å². The smallest absolute Gasteiger partial charge is 0.161 e. The zero-order valence-electron chi connectivity index (χ0n) is 13.1. The molecule has 0 fully saturated rings. The maximum Gasteiger partial charge on any atom is 0.161 e. The van der Waals surface area contributed by atoms with Gasteiger partial charge in [-0.2, -0.15) is 5.10 Å². The van der Waals surface area contributed by atoms with Gasteiger partial charge in [0.1, 0.15) is 0 Å². The van der Waals surface area contributed by atoms with Crippen molar-refractivity contribution in [2.45, 2.75) is 19.9 Å². The monoisotopic (exact) mass is 298 g/mol. The summed E-state index contributed by atoms with van der Waals surface area (Å²) < 4.78 is 11.0. The molecule has 0 bridgehead atoms. The van der Waals surface area contributed by atoms with Crippen molar-refractivity contribution in [2.75, 3.05) is 13.7 Å². The Morgan fingerprint density at radius 2 is 1.91 bits per heavy atom. The van der Waals surface area contributed by atoms with Crippen LogP contribution in [0.5, 0.6) is 11.5 Å². The highest BCUT2D eigenvalue weighted by Crippen LogP contribution is 2.27. The summed E-state index contributed by atoms with van der Waals surface area (Å²) in [5, 5.41) is 4.23. The minimum absolute atomic E-state index is 0.683. The second-order valence-electron chi connectivity index (χ2n) is 4.84. The molecule has 116 valence electrons. The molecule has 0 aliphatic rings. The van der Waals surface area contributed by atoms with Gasteiger partial charge < -0.3 is 14.9 Å². The van der Waals surface area contributed by atoms with Gasteiger partial charge in [-0.25, -0.2) is 0 Å². The summed E-state index contributed by atoms with van der Waals surface area (Å²) in [5.41, 5.74) is 5.19. The van der Waals surface area contributed by atoms with E-state index >= 15 is 0 Å². The van der Waals surface area contributed by atoms with Crippen molar-refractivity contribution in [1.82, 2.24) is 5.43 Å². The van der Waals surface area contributed by atoms with Crippen LogP contribution in [0.15, 0.2) is 53.6 Å². The van der Waals surface area contributed by atoms with E-state index in [1.165, 1.54) is 5.56 Å². The van der Waals surface area contributed by atoms with Gasteiger partial charge in [0.15, 0.2) is 11.5 Å². The average molecular weight is 298 g/mol. The third-order valence-corrected chi connectivity index (χ3v) is 3.08. The van der Waals surface area contributed by atoms with Crippen molar-refractivity contribution in [3.63, 3.8) is 0 Å². The Balaban J connectivity index is 1.93. The Labute approximate surface area is 131 Å². The van der Waals surface area contributed by atoms with E-state index in [1.54, 1.807) is 13.3 Å². The summed E-state index contributed by atoms with van der Waals surface area (Å²) in [4.78, 5) is 0. The maximum absolute atomic E-state index is 5.63. The van der Waals surface area contributed by atoms with Gasteiger partial charge >= 0.3 is 0 Å². The second-order valence-corrected chi connectivity index (χ2v) is 4.84. The predicted molar refractivity (Wildman–Crippen MR) is 89.7 cm³/mol. The second kappa shape index (κ2) is 8.72.